The zero-order chi connectivity index (χ0) is 29.7. The Kier molecular flexibility index (Phi) is 9.33. The van der Waals surface area contributed by atoms with E-state index in [4.69, 9.17) is 0 Å². The van der Waals surface area contributed by atoms with E-state index in [-0.39, 0.29) is 0 Å². The highest BCUT2D eigenvalue weighted by atomic mass is 15.1. The molecule has 0 aromatic heterocycles. The summed E-state index contributed by atoms with van der Waals surface area (Å²) in [6, 6.07) is 28.5. The molecule has 0 amide bonds. The molecule has 2 aliphatic carbocycles. The van der Waals surface area contributed by atoms with Crippen molar-refractivity contribution in [1.82, 2.24) is 0 Å². The van der Waals surface area contributed by atoms with Crippen molar-refractivity contribution in [2.75, 3.05) is 39.3 Å². The SMILES string of the molecule is [CH2-][NH+]1CC=C(c2ccccc2)CC1.[CH2-][NH+]1CCC2(C=Cc3ccccc32)CC1.[CH2-][NH+]1CCC2(CCc3ccccc32)CC1. The van der Waals surface area contributed by atoms with Gasteiger partial charge >= 0.3 is 0 Å². The van der Waals surface area contributed by atoms with E-state index in [0.717, 1.165) is 19.5 Å². The third-order valence-electron chi connectivity index (χ3n) is 10.8. The highest BCUT2D eigenvalue weighted by Crippen LogP contribution is 2.44. The number of allylic oxidation sites excluding steroid dienone is 1. The van der Waals surface area contributed by atoms with Crippen LogP contribution in [0.15, 0.2) is 91.0 Å². The molecule has 2 saturated heterocycles. The fraction of sp³-hybridized carbons (Fsp3) is 0.375. The molecule has 3 heterocycles. The molecule has 2 spiro atoms. The van der Waals surface area contributed by atoms with Crippen LogP contribution in [0.4, 0.5) is 0 Å². The third-order valence-corrected chi connectivity index (χ3v) is 10.8. The first-order chi connectivity index (χ1) is 21.0. The fourth-order valence-electron chi connectivity index (χ4n) is 7.98. The Morgan fingerprint density at radius 3 is 1.88 bits per heavy atom. The maximum atomic E-state index is 4.12. The zero-order valence-corrected chi connectivity index (χ0v) is 26.1. The first-order valence-corrected chi connectivity index (χ1v) is 16.6. The van der Waals surface area contributed by atoms with Crippen LogP contribution < -0.4 is 14.7 Å². The summed E-state index contributed by atoms with van der Waals surface area (Å²) in [6.45, 7) is 7.09. The van der Waals surface area contributed by atoms with Crippen molar-refractivity contribution in [3.63, 3.8) is 0 Å². The lowest BCUT2D eigenvalue weighted by atomic mass is 9.74. The van der Waals surface area contributed by atoms with Gasteiger partial charge in [-0.25, -0.2) is 0 Å². The number of aryl methyl sites for hydroxylation is 1. The zero-order valence-electron chi connectivity index (χ0n) is 26.1. The van der Waals surface area contributed by atoms with E-state index in [9.17, 15) is 0 Å². The summed E-state index contributed by atoms with van der Waals surface area (Å²) < 4.78 is 0. The van der Waals surface area contributed by atoms with E-state index in [1.807, 2.05) is 0 Å². The van der Waals surface area contributed by atoms with Gasteiger partial charge < -0.3 is 14.7 Å². The van der Waals surface area contributed by atoms with Crippen molar-refractivity contribution in [3.05, 3.63) is 140 Å². The second-order valence-electron chi connectivity index (χ2n) is 13.6. The Morgan fingerprint density at radius 2 is 1.19 bits per heavy atom. The van der Waals surface area contributed by atoms with Gasteiger partial charge in [0.2, 0.25) is 0 Å². The van der Waals surface area contributed by atoms with E-state index >= 15 is 0 Å². The van der Waals surface area contributed by atoms with Crippen LogP contribution in [0.1, 0.15) is 66.3 Å². The van der Waals surface area contributed by atoms with Crippen LogP contribution in [0.25, 0.3) is 11.6 Å². The van der Waals surface area contributed by atoms with Gasteiger partial charge in [-0.15, -0.1) is 0 Å². The van der Waals surface area contributed by atoms with Crippen LogP contribution in [0.2, 0.25) is 0 Å². The predicted molar refractivity (Wildman–Crippen MR) is 179 cm³/mol. The minimum atomic E-state index is 0.345. The molecular weight excluding hydrogens is 522 g/mol. The van der Waals surface area contributed by atoms with Gasteiger partial charge in [0.15, 0.2) is 0 Å². The molecule has 8 rings (SSSR count). The molecule has 3 aromatic carbocycles. The van der Waals surface area contributed by atoms with Crippen LogP contribution in [0.3, 0.4) is 0 Å². The molecular formula is C40H51N3. The van der Waals surface area contributed by atoms with E-state index < -0.39 is 0 Å². The second kappa shape index (κ2) is 13.3. The number of rotatable bonds is 1. The molecule has 0 bridgehead atoms. The van der Waals surface area contributed by atoms with Gasteiger partial charge in [0.1, 0.15) is 0 Å². The standard InChI is InChI=1S/C14H19N.C14H17N.C12H15N/c2*1-15-10-8-14(9-11-15)7-6-12-4-2-3-5-13(12)14;1-13-9-7-12(8-10-13)11-5-3-2-4-6-11/h2-5,15H,1,6-11H2;2-7,15H,1,8-11H2;2-7,13H,1,8-10H2. The van der Waals surface area contributed by atoms with Crippen molar-refractivity contribution in [1.29, 1.82) is 0 Å². The van der Waals surface area contributed by atoms with Crippen LogP contribution >= 0.6 is 0 Å². The molecule has 1 unspecified atom stereocenters. The molecule has 3 aromatic rings. The van der Waals surface area contributed by atoms with Crippen LogP contribution in [0, 0.1) is 21.1 Å². The van der Waals surface area contributed by atoms with Gasteiger partial charge in [-0.3, -0.25) is 0 Å². The molecule has 43 heavy (non-hydrogen) atoms. The van der Waals surface area contributed by atoms with Crippen molar-refractivity contribution in [3.8, 4) is 0 Å². The molecule has 3 nitrogen and oxygen atoms in total. The Labute approximate surface area is 260 Å². The monoisotopic (exact) mass is 573 g/mol. The number of piperidine rings is 2. The average Bonchev–Trinajstić information content (AvgIpc) is 3.60. The summed E-state index contributed by atoms with van der Waals surface area (Å²) in [5.74, 6) is 0. The highest BCUT2D eigenvalue weighted by molar-refractivity contribution is 5.66. The molecule has 3 N–H and O–H groups in total. The maximum absolute atomic E-state index is 4.12. The van der Waals surface area contributed by atoms with Crippen LogP contribution in [-0.2, 0) is 17.3 Å². The molecule has 226 valence electrons. The minimum absolute atomic E-state index is 0.345. The molecule has 0 saturated carbocycles. The Hall–Kier alpha value is -2.98. The third kappa shape index (κ3) is 6.75. The number of quaternary nitrogens is 3. The number of nitrogens with one attached hydrogen (secondary N) is 3. The number of fused-ring (bicyclic) bond motifs is 4. The minimum Gasteiger partial charge on any atom is -0.468 e. The van der Waals surface area contributed by atoms with Gasteiger partial charge in [-0.05, 0) is 52.3 Å². The smallest absolute Gasteiger partial charge is 0.0723 e. The quantitative estimate of drug-likeness (QED) is 0.366. The molecule has 5 aliphatic rings. The highest BCUT2D eigenvalue weighted by Gasteiger charge is 2.41. The molecule has 3 heteroatoms. The molecule has 3 aliphatic heterocycles. The average molecular weight is 574 g/mol. The summed E-state index contributed by atoms with van der Waals surface area (Å²) in [6.07, 6.45) is 16.0. The molecule has 2 fully saturated rings. The van der Waals surface area contributed by atoms with Crippen molar-refractivity contribution in [2.24, 2.45) is 0 Å². The summed E-state index contributed by atoms with van der Waals surface area (Å²) >= 11 is 0. The van der Waals surface area contributed by atoms with Gasteiger partial charge in [0, 0.05) is 42.9 Å². The largest absolute Gasteiger partial charge is 0.468 e. The Morgan fingerprint density at radius 1 is 0.558 bits per heavy atom. The number of hydrogen-bond donors (Lipinski definition) is 3. The summed E-state index contributed by atoms with van der Waals surface area (Å²) in [5.41, 5.74) is 9.93. The van der Waals surface area contributed by atoms with Gasteiger partial charge in [-0.1, -0.05) is 91.0 Å². The predicted octanol–water partition coefficient (Wildman–Crippen LogP) is 3.91. The van der Waals surface area contributed by atoms with E-state index in [2.05, 4.69) is 118 Å². The van der Waals surface area contributed by atoms with Gasteiger partial charge in [0.05, 0.1) is 39.3 Å². The summed E-state index contributed by atoms with van der Waals surface area (Å²) in [4.78, 5) is 4.25. The summed E-state index contributed by atoms with van der Waals surface area (Å²) in [7, 11) is 12.2. The first kappa shape index (κ1) is 30.1. The van der Waals surface area contributed by atoms with Crippen molar-refractivity contribution >= 4 is 11.6 Å². The van der Waals surface area contributed by atoms with Crippen molar-refractivity contribution in [2.45, 2.75) is 55.8 Å². The normalized spacial score (nSPS) is 30.4. The lowest BCUT2D eigenvalue weighted by molar-refractivity contribution is -0.861. The Bertz CT molecular complexity index is 1400. The van der Waals surface area contributed by atoms with Crippen molar-refractivity contribution < 1.29 is 14.7 Å². The maximum Gasteiger partial charge on any atom is 0.0723 e. The van der Waals surface area contributed by atoms with Gasteiger partial charge in [-0.2, -0.15) is 21.1 Å². The molecule has 1 atom stereocenters. The van der Waals surface area contributed by atoms with Gasteiger partial charge in [0.25, 0.3) is 0 Å². The number of benzene rings is 3. The number of likely N-dealkylation sites (tertiary alicyclic amines) is 2. The Balaban J connectivity index is 0.000000115. The number of hydrogen-bond acceptors (Lipinski definition) is 0. The molecule has 0 radical (unpaired) electrons. The first-order valence-electron chi connectivity index (χ1n) is 16.6. The lowest BCUT2D eigenvalue weighted by Crippen LogP contribution is -3.08. The fourth-order valence-corrected chi connectivity index (χ4v) is 7.98. The van der Waals surface area contributed by atoms with E-state index in [1.54, 1.807) is 11.1 Å². The lowest BCUT2D eigenvalue weighted by Gasteiger charge is -2.39. The van der Waals surface area contributed by atoms with E-state index in [0.29, 0.717) is 10.8 Å². The van der Waals surface area contributed by atoms with Crippen LogP contribution in [-0.4, -0.2) is 39.3 Å². The van der Waals surface area contributed by atoms with E-state index in [1.165, 1.54) is 102 Å². The van der Waals surface area contributed by atoms with Crippen LogP contribution in [0.5, 0.6) is 0 Å². The second-order valence-corrected chi connectivity index (χ2v) is 13.6. The summed E-state index contributed by atoms with van der Waals surface area (Å²) in [5, 5.41) is 0. The topological polar surface area (TPSA) is 13.3 Å².